The normalized spacial score (nSPS) is 13.3. The van der Waals surface area contributed by atoms with Crippen molar-refractivity contribution < 1.29 is 12.6 Å². The van der Waals surface area contributed by atoms with Gasteiger partial charge in [-0.3, -0.25) is 4.18 Å². The summed E-state index contributed by atoms with van der Waals surface area (Å²) < 4.78 is 26.7. The molecule has 0 rings (SSSR count). The highest BCUT2D eigenvalue weighted by molar-refractivity contribution is 7.86. The van der Waals surface area contributed by atoms with E-state index in [1.807, 2.05) is 20.8 Å². The first-order valence-electron chi connectivity index (χ1n) is 3.84. The van der Waals surface area contributed by atoms with E-state index < -0.39 is 10.1 Å². The van der Waals surface area contributed by atoms with E-state index in [-0.39, 0.29) is 24.3 Å². The van der Waals surface area contributed by atoms with Gasteiger partial charge < -0.3 is 5.73 Å². The van der Waals surface area contributed by atoms with Crippen molar-refractivity contribution in [3.8, 4) is 0 Å². The van der Waals surface area contributed by atoms with Crippen LogP contribution in [0, 0.1) is 5.41 Å². The lowest BCUT2D eigenvalue weighted by Gasteiger charge is -2.17. The van der Waals surface area contributed by atoms with Gasteiger partial charge in [-0.15, -0.1) is 0 Å². The average Bonchev–Trinajstić information content (AvgIpc) is 1.83. The molecule has 0 radical (unpaired) electrons. The molecule has 0 bridgehead atoms. The zero-order valence-corrected chi connectivity index (χ0v) is 8.65. The highest BCUT2D eigenvalue weighted by Gasteiger charge is 2.16. The summed E-state index contributed by atoms with van der Waals surface area (Å²) in [5, 5.41) is 0. The predicted molar refractivity (Wildman–Crippen MR) is 48.2 cm³/mol. The largest absolute Gasteiger partial charge is 0.329 e. The van der Waals surface area contributed by atoms with Crippen molar-refractivity contribution >= 4 is 10.1 Å². The molecule has 0 atom stereocenters. The molecular weight excluding hydrogens is 178 g/mol. The molecule has 0 saturated heterocycles. The molecule has 0 fully saturated rings. The van der Waals surface area contributed by atoms with Gasteiger partial charge in [0, 0.05) is 6.54 Å². The molecule has 12 heavy (non-hydrogen) atoms. The van der Waals surface area contributed by atoms with Gasteiger partial charge >= 0.3 is 0 Å². The van der Waals surface area contributed by atoms with Crippen LogP contribution in [0.25, 0.3) is 0 Å². The van der Waals surface area contributed by atoms with Gasteiger partial charge in [-0.1, -0.05) is 20.8 Å². The average molecular weight is 195 g/mol. The maximum absolute atomic E-state index is 11.0. The van der Waals surface area contributed by atoms with Crippen molar-refractivity contribution in [2.75, 3.05) is 18.9 Å². The summed E-state index contributed by atoms with van der Waals surface area (Å²) in [5.41, 5.74) is 4.96. The molecule has 0 aromatic heterocycles. The molecule has 2 N–H and O–H groups in total. The number of hydrogen-bond donors (Lipinski definition) is 1. The quantitative estimate of drug-likeness (QED) is 0.657. The standard InChI is InChI=1S/C7H17NO3S/c1-7(2,3)6-11-12(9,10)5-4-8/h4-6,8H2,1-3H3. The van der Waals surface area contributed by atoms with Crippen LogP contribution >= 0.6 is 0 Å². The highest BCUT2D eigenvalue weighted by atomic mass is 32.2. The number of hydrogen-bond acceptors (Lipinski definition) is 4. The lowest BCUT2D eigenvalue weighted by molar-refractivity contribution is 0.203. The predicted octanol–water partition coefficient (Wildman–Crippen LogP) is 0.338. The zero-order valence-electron chi connectivity index (χ0n) is 7.83. The molecule has 5 heteroatoms. The topological polar surface area (TPSA) is 69.4 Å². The third-order valence-corrected chi connectivity index (χ3v) is 2.25. The van der Waals surface area contributed by atoms with Crippen LogP contribution in [0.2, 0.25) is 0 Å². The van der Waals surface area contributed by atoms with Crippen LogP contribution in [0.4, 0.5) is 0 Å². The Hall–Kier alpha value is -0.130. The highest BCUT2D eigenvalue weighted by Crippen LogP contribution is 2.14. The van der Waals surface area contributed by atoms with E-state index >= 15 is 0 Å². The minimum absolute atomic E-state index is 0.104. The Morgan fingerprint density at radius 1 is 1.33 bits per heavy atom. The van der Waals surface area contributed by atoms with Crippen LogP contribution in [-0.2, 0) is 14.3 Å². The first-order chi connectivity index (χ1) is 5.27. The molecule has 4 nitrogen and oxygen atoms in total. The lowest BCUT2D eigenvalue weighted by atomic mass is 9.99. The Kier molecular flexibility index (Phi) is 4.16. The molecule has 0 aliphatic heterocycles. The van der Waals surface area contributed by atoms with E-state index in [9.17, 15) is 8.42 Å². The van der Waals surface area contributed by atoms with Gasteiger partial charge in [-0.05, 0) is 5.41 Å². The molecule has 0 saturated carbocycles. The number of nitrogens with two attached hydrogens (primary N) is 1. The molecule has 0 aliphatic rings. The molecule has 0 spiro atoms. The van der Waals surface area contributed by atoms with Crippen LogP contribution in [0.3, 0.4) is 0 Å². The second-order valence-corrected chi connectivity index (χ2v) is 5.63. The Balaban J connectivity index is 3.94. The molecule has 0 unspecified atom stereocenters. The van der Waals surface area contributed by atoms with Crippen molar-refractivity contribution in [2.45, 2.75) is 20.8 Å². The maximum Gasteiger partial charge on any atom is 0.268 e. The Labute approximate surface area is 74.2 Å². The molecule has 0 aromatic carbocycles. The second kappa shape index (κ2) is 4.20. The fourth-order valence-electron chi connectivity index (χ4n) is 0.470. The van der Waals surface area contributed by atoms with Crippen LogP contribution < -0.4 is 5.73 Å². The van der Waals surface area contributed by atoms with Gasteiger partial charge in [0.15, 0.2) is 0 Å². The van der Waals surface area contributed by atoms with Gasteiger partial charge in [0.05, 0.1) is 12.4 Å². The minimum Gasteiger partial charge on any atom is -0.329 e. The molecule has 0 amide bonds. The summed E-state index contributed by atoms with van der Waals surface area (Å²) in [6.07, 6.45) is 0. The monoisotopic (exact) mass is 195 g/mol. The van der Waals surface area contributed by atoms with E-state index in [0.29, 0.717) is 0 Å². The van der Waals surface area contributed by atoms with Crippen molar-refractivity contribution in [1.82, 2.24) is 0 Å². The third-order valence-electron chi connectivity index (χ3n) is 1.04. The first kappa shape index (κ1) is 11.9. The molecule has 0 aromatic rings. The van der Waals surface area contributed by atoms with Crippen LogP contribution in [0.15, 0.2) is 0 Å². The van der Waals surface area contributed by atoms with E-state index in [4.69, 9.17) is 9.92 Å². The van der Waals surface area contributed by atoms with Gasteiger partial charge in [-0.25, -0.2) is 0 Å². The summed E-state index contributed by atoms with van der Waals surface area (Å²) in [7, 11) is -3.39. The summed E-state index contributed by atoms with van der Waals surface area (Å²) in [6.45, 7) is 6.03. The van der Waals surface area contributed by atoms with E-state index in [2.05, 4.69) is 0 Å². The van der Waals surface area contributed by atoms with Crippen LogP contribution in [0.5, 0.6) is 0 Å². The molecule has 0 aliphatic carbocycles. The maximum atomic E-state index is 11.0. The summed E-state index contributed by atoms with van der Waals surface area (Å²) in [6, 6.07) is 0. The fourth-order valence-corrected chi connectivity index (χ4v) is 1.41. The molecule has 74 valence electrons. The first-order valence-corrected chi connectivity index (χ1v) is 5.42. The summed E-state index contributed by atoms with van der Waals surface area (Å²) >= 11 is 0. The van der Waals surface area contributed by atoms with Gasteiger partial charge in [-0.2, -0.15) is 8.42 Å². The lowest BCUT2D eigenvalue weighted by Crippen LogP contribution is -2.23. The summed E-state index contributed by atoms with van der Waals surface area (Å²) in [4.78, 5) is 0. The van der Waals surface area contributed by atoms with Gasteiger partial charge in [0.2, 0.25) is 0 Å². The van der Waals surface area contributed by atoms with Crippen molar-refractivity contribution in [1.29, 1.82) is 0 Å². The fraction of sp³-hybridized carbons (Fsp3) is 1.00. The van der Waals surface area contributed by atoms with Crippen LogP contribution in [0.1, 0.15) is 20.8 Å². The smallest absolute Gasteiger partial charge is 0.268 e. The minimum atomic E-state index is -3.39. The van der Waals surface area contributed by atoms with Crippen LogP contribution in [-0.4, -0.2) is 27.3 Å². The van der Waals surface area contributed by atoms with Crippen molar-refractivity contribution in [2.24, 2.45) is 11.1 Å². The Morgan fingerprint density at radius 2 is 1.83 bits per heavy atom. The summed E-state index contributed by atoms with van der Waals surface area (Å²) in [5.74, 6) is -0.108. The molecule has 0 heterocycles. The second-order valence-electron chi connectivity index (χ2n) is 3.87. The number of rotatable bonds is 4. The zero-order chi connectivity index (χ0) is 9.83. The van der Waals surface area contributed by atoms with Crippen molar-refractivity contribution in [3.05, 3.63) is 0 Å². The SMILES string of the molecule is CC(C)(C)COS(=O)(=O)CCN. The Bertz CT molecular complexity index is 215. The van der Waals surface area contributed by atoms with Gasteiger partial charge in [0.1, 0.15) is 0 Å². The van der Waals surface area contributed by atoms with E-state index in [1.54, 1.807) is 0 Å². The Morgan fingerprint density at radius 3 is 2.17 bits per heavy atom. The molecular formula is C7H17NO3S. The van der Waals surface area contributed by atoms with E-state index in [0.717, 1.165) is 0 Å². The van der Waals surface area contributed by atoms with Crippen molar-refractivity contribution in [3.63, 3.8) is 0 Å². The van der Waals surface area contributed by atoms with E-state index in [1.165, 1.54) is 0 Å². The third kappa shape index (κ3) is 6.57. The van der Waals surface area contributed by atoms with Gasteiger partial charge in [0.25, 0.3) is 10.1 Å².